The molecular formula is C46H45N7O6. The molecule has 13 nitrogen and oxygen atoms in total. The zero-order valence-electron chi connectivity index (χ0n) is 32.6. The van der Waals surface area contributed by atoms with Crippen LogP contribution < -0.4 is 5.32 Å². The molecule has 0 aliphatic carbocycles. The first-order chi connectivity index (χ1) is 28.8. The number of hydrogen-bond acceptors (Lipinski definition) is 7. The van der Waals surface area contributed by atoms with Gasteiger partial charge >= 0.3 is 12.1 Å². The highest BCUT2D eigenvalue weighted by Crippen LogP contribution is 2.37. The molecule has 4 N–H and O–H groups in total. The quantitative estimate of drug-likeness (QED) is 0.0971. The van der Waals surface area contributed by atoms with Crippen LogP contribution in [-0.2, 0) is 19.1 Å². The van der Waals surface area contributed by atoms with Crippen molar-refractivity contribution in [1.29, 1.82) is 0 Å². The number of aliphatic carboxylic acids is 1. The lowest BCUT2D eigenvalue weighted by molar-refractivity contribution is -0.142. The second kappa shape index (κ2) is 17.2. The van der Waals surface area contributed by atoms with Crippen LogP contribution >= 0.6 is 0 Å². The Hall–Kier alpha value is -7.02. The number of carbonyl (C=O) groups excluding carboxylic acids is 3. The summed E-state index contributed by atoms with van der Waals surface area (Å²) < 4.78 is 4.82. The number of H-pyrrole nitrogens is 2. The van der Waals surface area contributed by atoms with Gasteiger partial charge < -0.3 is 34.9 Å². The molecule has 0 saturated carbocycles. The number of alkyl carbamates (subject to hydrolysis) is 1. The lowest BCUT2D eigenvalue weighted by atomic mass is 9.94. The normalized spacial score (nSPS) is 17.4. The number of amides is 3. The molecule has 4 atom stereocenters. The van der Waals surface area contributed by atoms with Crippen molar-refractivity contribution in [3.8, 4) is 33.6 Å². The number of carboxylic acids is 1. The Labute approximate surface area is 341 Å². The molecule has 0 radical (unpaired) electrons. The fourth-order valence-corrected chi connectivity index (χ4v) is 8.30. The molecule has 2 saturated heterocycles. The minimum Gasteiger partial charge on any atom is -0.481 e. The number of nitrogens with one attached hydrogen (secondary N) is 3. The van der Waals surface area contributed by atoms with Gasteiger partial charge in [0, 0.05) is 13.1 Å². The average molecular weight is 792 g/mol. The fourth-order valence-electron chi connectivity index (χ4n) is 8.30. The summed E-state index contributed by atoms with van der Waals surface area (Å²) >= 11 is 0. The lowest BCUT2D eigenvalue weighted by Gasteiger charge is -2.28. The molecule has 2 aromatic heterocycles. The average Bonchev–Trinajstić information content (AvgIpc) is 4.12. The van der Waals surface area contributed by atoms with E-state index in [0.29, 0.717) is 35.9 Å². The third kappa shape index (κ3) is 8.36. The van der Waals surface area contributed by atoms with Crippen molar-refractivity contribution in [3.63, 3.8) is 0 Å². The Morgan fingerprint density at radius 1 is 0.678 bits per heavy atom. The number of aromatic nitrogens is 4. The molecule has 300 valence electrons. The monoisotopic (exact) mass is 791 g/mol. The van der Waals surface area contributed by atoms with Crippen LogP contribution in [0.5, 0.6) is 0 Å². The van der Waals surface area contributed by atoms with E-state index in [1.54, 1.807) is 22.2 Å². The van der Waals surface area contributed by atoms with Gasteiger partial charge in [-0.05, 0) is 59.1 Å². The number of aromatic amines is 2. The first-order valence-corrected chi connectivity index (χ1v) is 19.9. The van der Waals surface area contributed by atoms with E-state index in [1.807, 2.05) is 84.9 Å². The van der Waals surface area contributed by atoms with E-state index in [4.69, 9.17) is 9.72 Å². The van der Waals surface area contributed by atoms with E-state index < -0.39 is 24.0 Å². The number of methoxy groups -OCH3 is 1. The number of rotatable bonds is 12. The summed E-state index contributed by atoms with van der Waals surface area (Å²) in [4.78, 5) is 71.4. The van der Waals surface area contributed by atoms with Gasteiger partial charge in [-0.3, -0.25) is 14.4 Å². The molecule has 59 heavy (non-hydrogen) atoms. The van der Waals surface area contributed by atoms with Gasteiger partial charge in [-0.1, -0.05) is 109 Å². The number of likely N-dealkylation sites (tertiary alicyclic amines) is 2. The van der Waals surface area contributed by atoms with E-state index in [1.165, 1.54) is 7.11 Å². The lowest BCUT2D eigenvalue weighted by Crippen LogP contribution is -2.42. The molecule has 4 aromatic carbocycles. The summed E-state index contributed by atoms with van der Waals surface area (Å²) in [5.74, 6) is -0.806. The van der Waals surface area contributed by atoms with Gasteiger partial charge in [-0.15, -0.1) is 0 Å². The number of ether oxygens (including phenoxy) is 1. The number of nitrogens with zero attached hydrogens (tertiary/aromatic N) is 4. The minimum absolute atomic E-state index is 0.196. The smallest absolute Gasteiger partial charge is 0.407 e. The van der Waals surface area contributed by atoms with Crippen LogP contribution in [0.15, 0.2) is 122 Å². The standard InChI is InChI=1S/C46H45N7O6/c1-59-46(58)51-41(34-12-6-3-7-13-34)45(57)53-25-9-15-39(53)43-48-28-37(50-43)33-22-18-30(19-23-33)29-16-20-32(21-17-29)36-27-47-42(49-36)38-14-8-24-52(38)44(56)35(26-40(54)55)31-10-4-2-5-11-31/h2-7,10-13,16-23,27-28,35,38-39,41H,8-9,14-15,24-26H2,1H3,(H,47,49)(H,48,50)(H,51,58)(H,54,55)/t35-,38+,39+,41-/m1/s1. The number of carboxylic acid groups (broad SMARTS) is 1. The Kier molecular flexibility index (Phi) is 11.3. The summed E-state index contributed by atoms with van der Waals surface area (Å²) in [5.41, 5.74) is 7.03. The van der Waals surface area contributed by atoms with Gasteiger partial charge in [0.1, 0.15) is 17.7 Å². The molecular weight excluding hydrogens is 747 g/mol. The Balaban J connectivity index is 0.928. The van der Waals surface area contributed by atoms with Crippen LogP contribution in [0.2, 0.25) is 0 Å². The molecule has 4 heterocycles. The van der Waals surface area contributed by atoms with Crippen LogP contribution in [0.25, 0.3) is 33.6 Å². The molecule has 2 aliphatic heterocycles. The predicted molar refractivity (Wildman–Crippen MR) is 221 cm³/mol. The largest absolute Gasteiger partial charge is 0.481 e. The molecule has 8 rings (SSSR count). The Bertz CT molecular complexity index is 2410. The summed E-state index contributed by atoms with van der Waals surface area (Å²) in [6, 6.07) is 33.3. The van der Waals surface area contributed by atoms with Gasteiger partial charge in [-0.2, -0.15) is 0 Å². The fraction of sp³-hybridized carbons (Fsp3) is 0.261. The topological polar surface area (TPSA) is 174 Å². The molecule has 2 fully saturated rings. The molecule has 0 unspecified atom stereocenters. The highest BCUT2D eigenvalue weighted by atomic mass is 16.5. The highest BCUT2D eigenvalue weighted by Gasteiger charge is 2.38. The van der Waals surface area contributed by atoms with Gasteiger partial charge in [0.15, 0.2) is 0 Å². The van der Waals surface area contributed by atoms with Gasteiger partial charge in [0.05, 0.1) is 55.3 Å². The first kappa shape index (κ1) is 38.8. The predicted octanol–water partition coefficient (Wildman–Crippen LogP) is 7.82. The van der Waals surface area contributed by atoms with E-state index in [-0.39, 0.29) is 30.3 Å². The van der Waals surface area contributed by atoms with Crippen molar-refractivity contribution in [1.82, 2.24) is 35.1 Å². The number of imidazole rings is 2. The molecule has 3 amide bonds. The second-order valence-corrected chi connectivity index (χ2v) is 14.9. The molecule has 2 aliphatic rings. The van der Waals surface area contributed by atoms with E-state index >= 15 is 0 Å². The highest BCUT2D eigenvalue weighted by molar-refractivity contribution is 5.89. The zero-order chi connectivity index (χ0) is 40.9. The maximum Gasteiger partial charge on any atom is 0.407 e. The van der Waals surface area contributed by atoms with Crippen LogP contribution in [0, 0.1) is 0 Å². The summed E-state index contributed by atoms with van der Waals surface area (Å²) in [6.07, 6.45) is 5.74. The zero-order valence-corrected chi connectivity index (χ0v) is 32.6. The van der Waals surface area contributed by atoms with Crippen LogP contribution in [0.4, 0.5) is 4.79 Å². The van der Waals surface area contributed by atoms with E-state index in [9.17, 15) is 24.3 Å². The number of hydrogen-bond donors (Lipinski definition) is 4. The molecule has 0 spiro atoms. The minimum atomic E-state index is -1.01. The van der Waals surface area contributed by atoms with Crippen molar-refractivity contribution in [3.05, 3.63) is 144 Å². The van der Waals surface area contributed by atoms with Crippen LogP contribution in [0.1, 0.15) is 78.9 Å². The Morgan fingerprint density at radius 2 is 1.14 bits per heavy atom. The summed E-state index contributed by atoms with van der Waals surface area (Å²) in [7, 11) is 1.28. The van der Waals surface area contributed by atoms with Crippen molar-refractivity contribution in [2.24, 2.45) is 0 Å². The Morgan fingerprint density at radius 3 is 1.61 bits per heavy atom. The van der Waals surface area contributed by atoms with E-state index in [2.05, 4.69) is 44.5 Å². The van der Waals surface area contributed by atoms with E-state index in [0.717, 1.165) is 59.3 Å². The molecule has 0 bridgehead atoms. The number of carbonyl (C=O) groups is 4. The SMILES string of the molecule is COC(=O)N[C@@H](C(=O)N1CCC[C@H]1c1ncc(-c2ccc(-c3ccc(-c4cnc([C@@H]5CCCN5C(=O)[C@H](CC(=O)O)c5ccccc5)[nH]4)cc3)cc2)[nH]1)c1ccccc1. The summed E-state index contributed by atoms with van der Waals surface area (Å²) in [5, 5.41) is 12.3. The van der Waals surface area contributed by atoms with Gasteiger partial charge in [0.2, 0.25) is 5.91 Å². The van der Waals surface area contributed by atoms with Crippen LogP contribution in [0.3, 0.4) is 0 Å². The third-order valence-corrected chi connectivity index (χ3v) is 11.3. The maximum atomic E-state index is 13.9. The number of benzene rings is 4. The van der Waals surface area contributed by atoms with Crippen molar-refractivity contribution in [2.45, 2.75) is 56.1 Å². The van der Waals surface area contributed by atoms with Gasteiger partial charge in [0.25, 0.3) is 5.91 Å². The van der Waals surface area contributed by atoms with Crippen LogP contribution in [-0.4, -0.2) is 78.9 Å². The van der Waals surface area contributed by atoms with Crippen molar-refractivity contribution < 1.29 is 29.0 Å². The first-order valence-electron chi connectivity index (χ1n) is 19.9. The molecule has 6 aromatic rings. The van der Waals surface area contributed by atoms with Crippen molar-refractivity contribution in [2.75, 3.05) is 20.2 Å². The third-order valence-electron chi connectivity index (χ3n) is 11.3. The summed E-state index contributed by atoms with van der Waals surface area (Å²) in [6.45, 7) is 1.09. The second-order valence-electron chi connectivity index (χ2n) is 14.9. The van der Waals surface area contributed by atoms with Gasteiger partial charge in [-0.25, -0.2) is 14.8 Å². The van der Waals surface area contributed by atoms with Crippen molar-refractivity contribution >= 4 is 23.9 Å². The molecule has 13 heteroatoms. The maximum absolute atomic E-state index is 13.9.